The van der Waals surface area contributed by atoms with E-state index in [1.165, 1.54) is 0 Å². The van der Waals surface area contributed by atoms with Gasteiger partial charge >= 0.3 is 5.97 Å². The maximum absolute atomic E-state index is 14.0. The molecule has 1 saturated heterocycles. The van der Waals surface area contributed by atoms with E-state index in [4.69, 9.17) is 9.84 Å². The summed E-state index contributed by atoms with van der Waals surface area (Å²) >= 11 is 2.39. The van der Waals surface area contributed by atoms with Gasteiger partial charge in [-0.2, -0.15) is 0 Å². The van der Waals surface area contributed by atoms with Crippen molar-refractivity contribution in [3.05, 3.63) is 12.2 Å². The molecule has 0 amide bonds. The molecular weight excluding hydrogens is 462 g/mol. The van der Waals surface area contributed by atoms with Gasteiger partial charge in [-0.05, 0) is 49.9 Å². The number of halogens is 2. The zero-order valence-electron chi connectivity index (χ0n) is 16.4. The van der Waals surface area contributed by atoms with Crippen molar-refractivity contribution in [3.8, 4) is 0 Å². The summed E-state index contributed by atoms with van der Waals surface area (Å²) in [7, 11) is 0. The van der Waals surface area contributed by atoms with E-state index in [0.29, 0.717) is 34.5 Å². The van der Waals surface area contributed by atoms with E-state index in [1.807, 2.05) is 13.0 Å². The number of rotatable bonds is 11. The van der Waals surface area contributed by atoms with Gasteiger partial charge in [0.1, 0.15) is 12.3 Å². The smallest absolute Gasteiger partial charge is 0.303 e. The average molecular weight is 496 g/mol. The molecule has 2 N–H and O–H groups in total. The summed E-state index contributed by atoms with van der Waals surface area (Å²) in [6.45, 7) is 4.23. The average Bonchev–Trinajstić information content (AvgIpc) is 3.14. The Kier molecular flexibility index (Phi) is 9.48. The fourth-order valence-corrected chi connectivity index (χ4v) is 5.42. The number of allylic oxidation sites excluding steroid dienone is 1. The SMILES string of the molecule is CCCC[C@@H](F)[C@H](O)/C=C/[C@H]1[C@H]2C[C@@H]([C@@H](I)CCCC(=O)O)O[C@H]2C[C@H]1C. The second-order valence-electron chi connectivity index (χ2n) is 8.24. The molecule has 6 heteroatoms. The predicted octanol–water partition coefficient (Wildman–Crippen LogP) is 4.92. The molecule has 0 aromatic rings. The minimum absolute atomic E-state index is 0.168. The number of aliphatic hydroxyl groups is 1. The van der Waals surface area contributed by atoms with Gasteiger partial charge in [0, 0.05) is 10.3 Å². The number of alkyl halides is 2. The highest BCUT2D eigenvalue weighted by Gasteiger charge is 2.48. The van der Waals surface area contributed by atoms with Gasteiger partial charge in [0.15, 0.2) is 0 Å². The number of hydrogen-bond acceptors (Lipinski definition) is 3. The Balaban J connectivity index is 1.86. The zero-order valence-corrected chi connectivity index (χ0v) is 18.6. The van der Waals surface area contributed by atoms with Crippen molar-refractivity contribution in [2.75, 3.05) is 0 Å². The Labute approximate surface area is 176 Å². The van der Waals surface area contributed by atoms with Crippen LogP contribution in [0.1, 0.15) is 65.2 Å². The molecule has 0 aromatic heterocycles. The number of aliphatic carboxylic acids is 1. The van der Waals surface area contributed by atoms with Crippen LogP contribution >= 0.6 is 22.6 Å². The van der Waals surface area contributed by atoms with E-state index < -0.39 is 18.2 Å². The molecule has 156 valence electrons. The number of hydrogen-bond donors (Lipinski definition) is 2. The number of aliphatic hydroxyl groups excluding tert-OH is 1. The first-order valence-corrected chi connectivity index (χ1v) is 11.6. The highest BCUT2D eigenvalue weighted by atomic mass is 127. The van der Waals surface area contributed by atoms with Crippen molar-refractivity contribution in [3.63, 3.8) is 0 Å². The van der Waals surface area contributed by atoms with Crippen LogP contribution in [0.3, 0.4) is 0 Å². The highest BCUT2D eigenvalue weighted by Crippen LogP contribution is 2.48. The summed E-state index contributed by atoms with van der Waals surface area (Å²) in [5, 5.41) is 18.9. The van der Waals surface area contributed by atoms with E-state index in [9.17, 15) is 14.3 Å². The molecule has 2 fully saturated rings. The zero-order chi connectivity index (χ0) is 20.0. The van der Waals surface area contributed by atoms with Gasteiger partial charge in [-0.15, -0.1) is 0 Å². The third-order valence-corrected chi connectivity index (χ3v) is 7.52. The molecule has 1 aliphatic heterocycles. The molecule has 2 aliphatic rings. The third kappa shape index (κ3) is 6.67. The summed E-state index contributed by atoms with van der Waals surface area (Å²) in [4.78, 5) is 10.7. The first-order valence-electron chi connectivity index (χ1n) is 10.3. The summed E-state index contributed by atoms with van der Waals surface area (Å²) in [6.07, 6.45) is 7.73. The standard InChI is InChI=1S/C21H34FIO4/c1-3-4-6-16(22)18(24)10-9-14-13(2)11-19-15(14)12-20(27-19)17(23)7-5-8-21(25)26/h9-10,13-20,24H,3-8,11-12H2,1-2H3,(H,25,26)/b10-9+/t13-,14-,15-,16-,17+,18-,19+,20+/m1/s1. The number of carboxylic acids is 1. The van der Waals surface area contributed by atoms with Crippen molar-refractivity contribution in [1.29, 1.82) is 0 Å². The molecule has 27 heavy (non-hydrogen) atoms. The van der Waals surface area contributed by atoms with Crippen LogP contribution in [0.25, 0.3) is 0 Å². The summed E-state index contributed by atoms with van der Waals surface area (Å²) in [5.74, 6) is 0.456. The summed E-state index contributed by atoms with van der Waals surface area (Å²) in [5.41, 5.74) is 0. The number of carboxylic acid groups (broad SMARTS) is 1. The van der Waals surface area contributed by atoms with Gasteiger partial charge in [0.2, 0.25) is 0 Å². The van der Waals surface area contributed by atoms with Crippen molar-refractivity contribution < 1.29 is 24.1 Å². The Morgan fingerprint density at radius 3 is 2.74 bits per heavy atom. The van der Waals surface area contributed by atoms with E-state index >= 15 is 0 Å². The van der Waals surface area contributed by atoms with E-state index in [1.54, 1.807) is 6.08 Å². The van der Waals surface area contributed by atoms with Crippen molar-refractivity contribution in [2.24, 2.45) is 17.8 Å². The third-order valence-electron chi connectivity index (χ3n) is 6.10. The fraction of sp³-hybridized carbons (Fsp3) is 0.857. The Bertz CT molecular complexity index is 501. The molecule has 0 unspecified atom stereocenters. The van der Waals surface area contributed by atoms with Crippen LogP contribution in [-0.2, 0) is 9.53 Å². The molecule has 0 aromatic carbocycles. The van der Waals surface area contributed by atoms with Crippen LogP contribution in [0.5, 0.6) is 0 Å². The monoisotopic (exact) mass is 496 g/mol. The molecular formula is C21H34FIO4. The highest BCUT2D eigenvalue weighted by molar-refractivity contribution is 14.1. The number of unbranched alkanes of at least 4 members (excludes halogenated alkanes) is 1. The second kappa shape index (κ2) is 11.1. The summed E-state index contributed by atoms with van der Waals surface area (Å²) in [6, 6.07) is 0. The van der Waals surface area contributed by atoms with Crippen molar-refractivity contribution in [2.45, 2.75) is 93.6 Å². The first kappa shape index (κ1) is 23.1. The van der Waals surface area contributed by atoms with Gasteiger partial charge in [0.05, 0.1) is 12.2 Å². The topological polar surface area (TPSA) is 66.8 Å². The van der Waals surface area contributed by atoms with Crippen LogP contribution in [0.4, 0.5) is 4.39 Å². The molecule has 1 aliphatic carbocycles. The van der Waals surface area contributed by atoms with Gasteiger partial charge in [-0.1, -0.05) is 61.4 Å². The van der Waals surface area contributed by atoms with E-state index in [-0.39, 0.29) is 18.6 Å². The lowest BCUT2D eigenvalue weighted by Crippen LogP contribution is -2.23. The maximum Gasteiger partial charge on any atom is 0.303 e. The molecule has 2 rings (SSSR count). The maximum atomic E-state index is 14.0. The van der Waals surface area contributed by atoms with Gasteiger partial charge in [-0.3, -0.25) is 4.79 Å². The van der Waals surface area contributed by atoms with Gasteiger partial charge < -0.3 is 14.9 Å². The normalized spacial score (nSPS) is 33.9. The molecule has 1 saturated carbocycles. The number of carbonyl (C=O) groups is 1. The number of ether oxygens (including phenoxy) is 1. The second-order valence-corrected chi connectivity index (χ2v) is 9.84. The summed E-state index contributed by atoms with van der Waals surface area (Å²) < 4.78 is 20.6. The van der Waals surface area contributed by atoms with Crippen LogP contribution in [0, 0.1) is 17.8 Å². The number of fused-ring (bicyclic) bond motifs is 1. The predicted molar refractivity (Wildman–Crippen MR) is 113 cm³/mol. The molecule has 0 spiro atoms. The largest absolute Gasteiger partial charge is 0.481 e. The molecule has 0 bridgehead atoms. The van der Waals surface area contributed by atoms with Crippen LogP contribution in [0.2, 0.25) is 0 Å². The Morgan fingerprint density at radius 2 is 2.07 bits per heavy atom. The van der Waals surface area contributed by atoms with Gasteiger partial charge in [0.25, 0.3) is 0 Å². The minimum Gasteiger partial charge on any atom is -0.481 e. The quantitative estimate of drug-likeness (QED) is 0.242. The Morgan fingerprint density at radius 1 is 1.33 bits per heavy atom. The molecule has 1 heterocycles. The lowest BCUT2D eigenvalue weighted by molar-refractivity contribution is -0.137. The molecule has 0 radical (unpaired) electrons. The van der Waals surface area contributed by atoms with E-state index in [2.05, 4.69) is 29.5 Å². The lowest BCUT2D eigenvalue weighted by atomic mass is 9.86. The van der Waals surface area contributed by atoms with Crippen molar-refractivity contribution >= 4 is 28.6 Å². The lowest BCUT2D eigenvalue weighted by Gasteiger charge is -2.21. The minimum atomic E-state index is -1.19. The molecule has 4 nitrogen and oxygen atoms in total. The van der Waals surface area contributed by atoms with Crippen LogP contribution in [0.15, 0.2) is 12.2 Å². The van der Waals surface area contributed by atoms with Crippen LogP contribution < -0.4 is 0 Å². The Hall–Kier alpha value is -0.210. The van der Waals surface area contributed by atoms with Crippen LogP contribution in [-0.4, -0.2) is 44.6 Å². The van der Waals surface area contributed by atoms with Gasteiger partial charge in [-0.25, -0.2) is 4.39 Å². The van der Waals surface area contributed by atoms with Crippen molar-refractivity contribution in [1.82, 2.24) is 0 Å². The molecule has 8 atom stereocenters. The fourth-order valence-electron chi connectivity index (χ4n) is 4.51. The first-order chi connectivity index (χ1) is 12.8. The van der Waals surface area contributed by atoms with E-state index in [0.717, 1.165) is 32.1 Å².